The van der Waals surface area contributed by atoms with Gasteiger partial charge in [0.25, 0.3) is 0 Å². The average molecular weight is 318 g/mol. The topological polar surface area (TPSA) is 41.6 Å². The molecule has 2 rings (SSSR count). The van der Waals surface area contributed by atoms with E-state index < -0.39 is 0 Å². The molecule has 4 heteroatoms. The van der Waals surface area contributed by atoms with Crippen molar-refractivity contribution in [1.29, 1.82) is 0 Å². The lowest BCUT2D eigenvalue weighted by atomic mass is 9.92. The molecule has 1 amide bonds. The minimum Gasteiger partial charge on any atom is -0.494 e. The summed E-state index contributed by atoms with van der Waals surface area (Å²) in [5, 5.41) is 3.48. The molecule has 1 fully saturated rings. The van der Waals surface area contributed by atoms with Gasteiger partial charge >= 0.3 is 0 Å². The van der Waals surface area contributed by atoms with Crippen LogP contribution in [0.25, 0.3) is 0 Å². The molecule has 1 aliphatic heterocycles. The second-order valence-electron chi connectivity index (χ2n) is 7.49. The van der Waals surface area contributed by atoms with Crippen molar-refractivity contribution < 1.29 is 9.53 Å². The van der Waals surface area contributed by atoms with Crippen molar-refractivity contribution in [1.82, 2.24) is 10.2 Å². The number of unbranched alkanes of at least 4 members (excludes halogenated alkanes) is 1. The third-order valence-corrected chi connectivity index (χ3v) is 4.34. The standard InChI is InChI=1S/C19H30N2O2/c1-6-7-12-23-15-10-8-14(9-11-15)13-16-17(22)21(5)18(20-16)19(2,3)4/h8-11,16,18,20H,6-7,12-13H2,1-5H3/t16-,18?/m0/s1. The molecule has 0 spiro atoms. The number of benzene rings is 1. The number of ether oxygens (including phenoxy) is 1. The molecule has 1 aliphatic rings. The predicted molar refractivity (Wildman–Crippen MR) is 93.5 cm³/mol. The number of rotatable bonds is 6. The van der Waals surface area contributed by atoms with Gasteiger partial charge in [0.15, 0.2) is 0 Å². The molecule has 23 heavy (non-hydrogen) atoms. The lowest BCUT2D eigenvalue weighted by Crippen LogP contribution is -2.45. The molecule has 1 aromatic rings. The fraction of sp³-hybridized carbons (Fsp3) is 0.632. The van der Waals surface area contributed by atoms with Crippen LogP contribution in [0.4, 0.5) is 0 Å². The van der Waals surface area contributed by atoms with E-state index in [9.17, 15) is 4.79 Å². The van der Waals surface area contributed by atoms with Crippen molar-refractivity contribution in [2.45, 2.75) is 59.2 Å². The van der Waals surface area contributed by atoms with Gasteiger partial charge in [0.1, 0.15) is 5.75 Å². The number of likely N-dealkylation sites (N-methyl/N-ethyl adjacent to an activating group) is 1. The predicted octanol–water partition coefficient (Wildman–Crippen LogP) is 3.21. The van der Waals surface area contributed by atoms with Crippen LogP contribution in [0.15, 0.2) is 24.3 Å². The minimum absolute atomic E-state index is 0.0239. The highest BCUT2D eigenvalue weighted by molar-refractivity contribution is 5.84. The van der Waals surface area contributed by atoms with E-state index in [1.807, 2.05) is 24.1 Å². The van der Waals surface area contributed by atoms with E-state index in [-0.39, 0.29) is 23.5 Å². The van der Waals surface area contributed by atoms with Crippen molar-refractivity contribution in [3.05, 3.63) is 29.8 Å². The van der Waals surface area contributed by atoms with Crippen molar-refractivity contribution >= 4 is 5.91 Å². The third kappa shape index (κ3) is 4.47. The van der Waals surface area contributed by atoms with E-state index in [4.69, 9.17) is 4.74 Å². The van der Waals surface area contributed by atoms with Gasteiger partial charge in [-0.3, -0.25) is 10.1 Å². The molecule has 1 aromatic carbocycles. The summed E-state index contributed by atoms with van der Waals surface area (Å²) in [6.07, 6.45) is 3.00. The number of carbonyl (C=O) groups excluding carboxylic acids is 1. The zero-order valence-electron chi connectivity index (χ0n) is 15.1. The molecule has 0 bridgehead atoms. The first-order valence-corrected chi connectivity index (χ1v) is 8.57. The molecule has 0 radical (unpaired) electrons. The van der Waals surface area contributed by atoms with E-state index in [1.54, 1.807) is 0 Å². The second-order valence-corrected chi connectivity index (χ2v) is 7.49. The van der Waals surface area contributed by atoms with Crippen molar-refractivity contribution in [2.75, 3.05) is 13.7 Å². The smallest absolute Gasteiger partial charge is 0.241 e. The number of hydrogen-bond donors (Lipinski definition) is 1. The molecule has 4 nitrogen and oxygen atoms in total. The lowest BCUT2D eigenvalue weighted by Gasteiger charge is -2.32. The number of amides is 1. The Bertz CT molecular complexity index is 519. The Labute approximate surface area is 140 Å². The highest BCUT2D eigenvalue weighted by Crippen LogP contribution is 2.27. The summed E-state index contributed by atoms with van der Waals surface area (Å²) in [6, 6.07) is 7.96. The Kier molecular flexibility index (Phi) is 5.69. The summed E-state index contributed by atoms with van der Waals surface area (Å²) in [4.78, 5) is 14.3. The van der Waals surface area contributed by atoms with Gasteiger partial charge in [-0.2, -0.15) is 0 Å². The Balaban J connectivity index is 1.95. The highest BCUT2D eigenvalue weighted by Gasteiger charge is 2.42. The molecule has 1 N–H and O–H groups in total. The van der Waals surface area contributed by atoms with Crippen LogP contribution in [0, 0.1) is 5.41 Å². The van der Waals surface area contributed by atoms with Crippen LogP contribution in [0.2, 0.25) is 0 Å². The first kappa shape index (κ1) is 17.8. The van der Waals surface area contributed by atoms with Crippen molar-refractivity contribution in [3.63, 3.8) is 0 Å². The van der Waals surface area contributed by atoms with Crippen LogP contribution in [0.1, 0.15) is 46.1 Å². The van der Waals surface area contributed by atoms with Gasteiger partial charge < -0.3 is 9.64 Å². The highest BCUT2D eigenvalue weighted by atomic mass is 16.5. The molecule has 128 valence electrons. The number of nitrogens with one attached hydrogen (secondary N) is 1. The Hall–Kier alpha value is -1.55. The first-order valence-electron chi connectivity index (χ1n) is 8.57. The van der Waals surface area contributed by atoms with E-state index in [1.165, 1.54) is 0 Å². The normalized spacial score (nSPS) is 21.8. The van der Waals surface area contributed by atoms with Crippen molar-refractivity contribution in [3.8, 4) is 5.75 Å². The van der Waals surface area contributed by atoms with E-state index >= 15 is 0 Å². The molecule has 1 unspecified atom stereocenters. The van der Waals surface area contributed by atoms with Gasteiger partial charge in [-0.25, -0.2) is 0 Å². The summed E-state index contributed by atoms with van der Waals surface area (Å²) in [6.45, 7) is 9.37. The van der Waals surface area contributed by atoms with E-state index in [0.717, 1.165) is 30.8 Å². The molecular weight excluding hydrogens is 288 g/mol. The maximum Gasteiger partial charge on any atom is 0.241 e. The van der Waals surface area contributed by atoms with Gasteiger partial charge in [-0.1, -0.05) is 46.2 Å². The summed E-state index contributed by atoms with van der Waals surface area (Å²) >= 11 is 0. The summed E-state index contributed by atoms with van der Waals surface area (Å²) in [5.41, 5.74) is 1.18. The fourth-order valence-electron chi connectivity index (χ4n) is 3.02. The van der Waals surface area contributed by atoms with E-state index in [0.29, 0.717) is 6.42 Å². The van der Waals surface area contributed by atoms with Gasteiger partial charge in [0.2, 0.25) is 5.91 Å². The number of hydrogen-bond acceptors (Lipinski definition) is 3. The molecule has 2 atom stereocenters. The summed E-state index contributed by atoms with van der Waals surface area (Å²) in [7, 11) is 1.88. The number of carbonyl (C=O) groups is 1. The zero-order valence-corrected chi connectivity index (χ0v) is 15.1. The zero-order chi connectivity index (χ0) is 17.0. The monoisotopic (exact) mass is 318 g/mol. The minimum atomic E-state index is -0.143. The van der Waals surface area contributed by atoms with Crippen LogP contribution >= 0.6 is 0 Å². The molecule has 0 aliphatic carbocycles. The molecule has 0 aromatic heterocycles. The fourth-order valence-corrected chi connectivity index (χ4v) is 3.02. The van der Waals surface area contributed by atoms with E-state index in [2.05, 4.69) is 45.1 Å². The summed E-state index contributed by atoms with van der Waals surface area (Å²) < 4.78 is 5.68. The Morgan fingerprint density at radius 3 is 2.39 bits per heavy atom. The molecular formula is C19H30N2O2. The first-order chi connectivity index (χ1) is 10.8. The van der Waals surface area contributed by atoms with Crippen LogP contribution in [-0.2, 0) is 11.2 Å². The maximum absolute atomic E-state index is 12.4. The molecule has 1 saturated heterocycles. The van der Waals surface area contributed by atoms with Crippen LogP contribution in [0.5, 0.6) is 5.75 Å². The largest absolute Gasteiger partial charge is 0.494 e. The molecule has 0 saturated carbocycles. The Morgan fingerprint density at radius 1 is 1.22 bits per heavy atom. The van der Waals surface area contributed by atoms with Gasteiger partial charge in [-0.15, -0.1) is 0 Å². The SMILES string of the molecule is CCCCOc1ccc(C[C@@H]2NC(C(C)(C)C)N(C)C2=O)cc1. The second kappa shape index (κ2) is 7.35. The summed E-state index contributed by atoms with van der Waals surface area (Å²) in [5.74, 6) is 1.07. The van der Waals surface area contributed by atoms with Crippen LogP contribution in [0.3, 0.4) is 0 Å². The third-order valence-electron chi connectivity index (χ3n) is 4.34. The number of nitrogens with zero attached hydrogens (tertiary/aromatic N) is 1. The van der Waals surface area contributed by atoms with Crippen molar-refractivity contribution in [2.24, 2.45) is 5.41 Å². The van der Waals surface area contributed by atoms with Gasteiger partial charge in [-0.05, 0) is 36.0 Å². The quantitative estimate of drug-likeness (QED) is 0.819. The van der Waals surface area contributed by atoms with Gasteiger partial charge in [0, 0.05) is 7.05 Å². The van der Waals surface area contributed by atoms with Crippen LogP contribution < -0.4 is 10.1 Å². The Morgan fingerprint density at radius 2 is 1.87 bits per heavy atom. The average Bonchev–Trinajstić information content (AvgIpc) is 2.78. The maximum atomic E-state index is 12.4. The molecule has 1 heterocycles. The van der Waals surface area contributed by atoms with Gasteiger partial charge in [0.05, 0.1) is 18.8 Å². The van der Waals surface area contributed by atoms with Crippen LogP contribution in [-0.4, -0.2) is 36.7 Å². The lowest BCUT2D eigenvalue weighted by molar-refractivity contribution is -0.129.